The first-order chi connectivity index (χ1) is 14.6. The van der Waals surface area contributed by atoms with Crippen molar-refractivity contribution < 1.29 is 4.74 Å². The van der Waals surface area contributed by atoms with Crippen LogP contribution in [-0.2, 0) is 0 Å². The molecule has 0 aliphatic carbocycles. The van der Waals surface area contributed by atoms with Crippen LogP contribution < -0.4 is 4.74 Å². The minimum Gasteiger partial charge on any atom is -0.497 e. The molecule has 1 aromatic heterocycles. The first kappa shape index (κ1) is 19.4. The molecule has 3 aromatic carbocycles. The predicted molar refractivity (Wildman–Crippen MR) is 121 cm³/mol. The average Bonchev–Trinajstić information content (AvgIpc) is 2.79. The van der Waals surface area contributed by atoms with E-state index >= 15 is 0 Å². The Kier molecular flexibility index (Phi) is 5.32. The van der Waals surface area contributed by atoms with Crippen molar-refractivity contribution in [1.29, 1.82) is 5.26 Å². The third-order valence-electron chi connectivity index (χ3n) is 5.18. The van der Waals surface area contributed by atoms with Gasteiger partial charge in [0.25, 0.3) is 0 Å². The number of aryl methyl sites for hydroxylation is 2. The Bertz CT molecular complexity index is 1230. The summed E-state index contributed by atoms with van der Waals surface area (Å²) in [6.45, 7) is 4.11. The van der Waals surface area contributed by atoms with Crippen LogP contribution in [0.5, 0.6) is 5.75 Å². The van der Waals surface area contributed by atoms with Crippen LogP contribution >= 0.6 is 0 Å². The molecule has 146 valence electrons. The molecule has 0 atom stereocenters. The highest BCUT2D eigenvalue weighted by Crippen LogP contribution is 2.35. The van der Waals surface area contributed by atoms with E-state index in [1.807, 2.05) is 61.5 Å². The van der Waals surface area contributed by atoms with Gasteiger partial charge in [0.15, 0.2) is 0 Å². The third-order valence-corrected chi connectivity index (χ3v) is 5.18. The minimum absolute atomic E-state index is 0.558. The Balaban J connectivity index is 2.01. The lowest BCUT2D eigenvalue weighted by atomic mass is 9.94. The van der Waals surface area contributed by atoms with Gasteiger partial charge < -0.3 is 4.74 Å². The minimum atomic E-state index is 0.558. The molecule has 0 N–H and O–H groups in total. The number of nitrogens with zero attached hydrogens (tertiary/aromatic N) is 2. The van der Waals surface area contributed by atoms with Gasteiger partial charge in [-0.25, -0.2) is 4.98 Å². The van der Waals surface area contributed by atoms with Crippen LogP contribution in [0, 0.1) is 25.2 Å². The van der Waals surface area contributed by atoms with E-state index in [4.69, 9.17) is 9.72 Å². The largest absolute Gasteiger partial charge is 0.497 e. The van der Waals surface area contributed by atoms with Gasteiger partial charge in [-0.05, 0) is 37.6 Å². The topological polar surface area (TPSA) is 45.9 Å². The number of nitriles is 1. The molecule has 0 spiro atoms. The lowest BCUT2D eigenvalue weighted by Gasteiger charge is -2.14. The quantitative estimate of drug-likeness (QED) is 0.395. The summed E-state index contributed by atoms with van der Waals surface area (Å²) in [7, 11) is 1.65. The molecular weight excluding hydrogens is 368 g/mol. The Labute approximate surface area is 177 Å². The van der Waals surface area contributed by atoms with Crippen molar-refractivity contribution in [3.05, 3.63) is 95.6 Å². The number of pyridine rings is 1. The van der Waals surface area contributed by atoms with E-state index < -0.39 is 0 Å². The summed E-state index contributed by atoms with van der Waals surface area (Å²) >= 11 is 0. The number of hydrogen-bond donors (Lipinski definition) is 0. The molecule has 3 nitrogen and oxygen atoms in total. The lowest BCUT2D eigenvalue weighted by molar-refractivity contribution is 0.415. The molecule has 0 radical (unpaired) electrons. The monoisotopic (exact) mass is 390 g/mol. The molecule has 0 aliphatic rings. The first-order valence-electron chi connectivity index (χ1n) is 9.82. The lowest BCUT2D eigenvalue weighted by Crippen LogP contribution is -1.97. The fourth-order valence-electron chi connectivity index (χ4n) is 3.47. The average molecular weight is 390 g/mol. The molecule has 4 aromatic rings. The molecule has 0 saturated heterocycles. The Morgan fingerprint density at radius 3 is 2.00 bits per heavy atom. The van der Waals surface area contributed by atoms with E-state index in [9.17, 15) is 5.26 Å². The van der Waals surface area contributed by atoms with E-state index in [1.165, 1.54) is 11.1 Å². The Morgan fingerprint density at radius 1 is 0.767 bits per heavy atom. The maximum Gasteiger partial charge on any atom is 0.119 e. The maximum atomic E-state index is 10.1. The molecule has 0 amide bonds. The highest BCUT2D eigenvalue weighted by molar-refractivity contribution is 5.84. The second kappa shape index (κ2) is 8.23. The van der Waals surface area contributed by atoms with Crippen LogP contribution in [0.4, 0.5) is 0 Å². The fraction of sp³-hybridized carbons (Fsp3) is 0.111. The van der Waals surface area contributed by atoms with Gasteiger partial charge in [-0.2, -0.15) is 5.26 Å². The number of hydrogen-bond acceptors (Lipinski definition) is 3. The third kappa shape index (κ3) is 3.81. The zero-order valence-electron chi connectivity index (χ0n) is 17.3. The van der Waals surface area contributed by atoms with Gasteiger partial charge in [-0.15, -0.1) is 0 Å². The summed E-state index contributed by atoms with van der Waals surface area (Å²) in [6.07, 6.45) is 0. The number of methoxy groups -OCH3 is 1. The highest BCUT2D eigenvalue weighted by Gasteiger charge is 2.17. The molecule has 1 heterocycles. The van der Waals surface area contributed by atoms with E-state index in [0.717, 1.165) is 33.7 Å². The van der Waals surface area contributed by atoms with Gasteiger partial charge in [0, 0.05) is 16.7 Å². The van der Waals surface area contributed by atoms with Crippen molar-refractivity contribution in [3.63, 3.8) is 0 Å². The zero-order valence-corrected chi connectivity index (χ0v) is 17.3. The standard InChI is InChI=1S/C27H22N2O/c1-18-7-11-20(12-8-18)26-16-24(22-5-4-6-23(15-22)30-3)25(17-28)27(29-26)21-13-9-19(2)10-14-21/h4-16H,1-3H3. The summed E-state index contributed by atoms with van der Waals surface area (Å²) in [5.74, 6) is 0.752. The zero-order chi connectivity index (χ0) is 21.1. The van der Waals surface area contributed by atoms with Crippen LogP contribution in [0.15, 0.2) is 78.9 Å². The van der Waals surface area contributed by atoms with Crippen molar-refractivity contribution >= 4 is 0 Å². The normalized spacial score (nSPS) is 10.5. The van der Waals surface area contributed by atoms with E-state index in [0.29, 0.717) is 11.3 Å². The van der Waals surface area contributed by atoms with Crippen LogP contribution in [0.3, 0.4) is 0 Å². The van der Waals surface area contributed by atoms with Crippen molar-refractivity contribution in [2.24, 2.45) is 0 Å². The summed E-state index contributed by atoms with van der Waals surface area (Å²) in [5.41, 5.74) is 8.16. The highest BCUT2D eigenvalue weighted by atomic mass is 16.5. The Morgan fingerprint density at radius 2 is 1.40 bits per heavy atom. The van der Waals surface area contributed by atoms with Crippen molar-refractivity contribution in [1.82, 2.24) is 4.98 Å². The van der Waals surface area contributed by atoms with Gasteiger partial charge in [0.05, 0.1) is 24.1 Å². The first-order valence-corrected chi connectivity index (χ1v) is 9.82. The summed E-state index contributed by atoms with van der Waals surface area (Å²) < 4.78 is 5.41. The SMILES string of the molecule is COc1cccc(-c2cc(-c3ccc(C)cc3)nc(-c3ccc(C)cc3)c2C#N)c1. The molecule has 0 saturated carbocycles. The van der Waals surface area contributed by atoms with Gasteiger partial charge in [-0.1, -0.05) is 71.8 Å². The van der Waals surface area contributed by atoms with Gasteiger partial charge in [0.1, 0.15) is 11.8 Å². The number of benzene rings is 3. The second-order valence-electron chi connectivity index (χ2n) is 7.35. The van der Waals surface area contributed by atoms with E-state index in [-0.39, 0.29) is 0 Å². The fourth-order valence-corrected chi connectivity index (χ4v) is 3.47. The number of rotatable bonds is 4. The van der Waals surface area contributed by atoms with Gasteiger partial charge >= 0.3 is 0 Å². The molecule has 0 aliphatic heterocycles. The molecule has 4 rings (SSSR count). The molecular formula is C27H22N2O. The maximum absolute atomic E-state index is 10.1. The number of ether oxygens (including phenoxy) is 1. The number of aromatic nitrogens is 1. The molecule has 3 heteroatoms. The van der Waals surface area contributed by atoms with Gasteiger partial charge in [-0.3, -0.25) is 0 Å². The summed E-state index contributed by atoms with van der Waals surface area (Å²) in [6, 6.07) is 28.6. The molecule has 0 unspecified atom stereocenters. The van der Waals surface area contributed by atoms with Crippen LogP contribution in [0.25, 0.3) is 33.6 Å². The molecule has 0 bridgehead atoms. The van der Waals surface area contributed by atoms with Crippen molar-refractivity contribution in [3.8, 4) is 45.5 Å². The van der Waals surface area contributed by atoms with Crippen LogP contribution in [0.2, 0.25) is 0 Å². The van der Waals surface area contributed by atoms with Crippen molar-refractivity contribution in [2.75, 3.05) is 7.11 Å². The smallest absolute Gasteiger partial charge is 0.119 e. The summed E-state index contributed by atoms with van der Waals surface area (Å²) in [5, 5.41) is 10.1. The molecule has 0 fully saturated rings. The molecule has 30 heavy (non-hydrogen) atoms. The second-order valence-corrected chi connectivity index (χ2v) is 7.35. The Hall–Kier alpha value is -3.90. The van der Waals surface area contributed by atoms with Crippen LogP contribution in [0.1, 0.15) is 16.7 Å². The van der Waals surface area contributed by atoms with E-state index in [1.54, 1.807) is 7.11 Å². The summed E-state index contributed by atoms with van der Waals surface area (Å²) in [4.78, 5) is 4.92. The van der Waals surface area contributed by atoms with E-state index in [2.05, 4.69) is 37.3 Å². The van der Waals surface area contributed by atoms with Crippen LogP contribution in [-0.4, -0.2) is 12.1 Å². The van der Waals surface area contributed by atoms with Gasteiger partial charge in [0.2, 0.25) is 0 Å². The van der Waals surface area contributed by atoms with Crippen molar-refractivity contribution in [2.45, 2.75) is 13.8 Å². The predicted octanol–water partition coefficient (Wildman–Crippen LogP) is 6.58.